The largest absolute Gasteiger partial charge is 0.480 e. The number of carboxylic acids is 6. The van der Waals surface area contributed by atoms with Crippen molar-refractivity contribution in [1.82, 2.24) is 50.7 Å². The maximum atomic E-state index is 12.8. The van der Waals surface area contributed by atoms with Crippen molar-refractivity contribution in [2.75, 3.05) is 145 Å². The molecule has 0 saturated heterocycles. The van der Waals surface area contributed by atoms with E-state index in [1.807, 2.05) is 0 Å². The number of nitrogens with one attached hydrogen (secondary N) is 4. The van der Waals surface area contributed by atoms with Crippen LogP contribution in [0.5, 0.6) is 0 Å². The van der Waals surface area contributed by atoms with E-state index in [0.717, 1.165) is 9.80 Å². The van der Waals surface area contributed by atoms with Gasteiger partial charge in [-0.3, -0.25) is 77.3 Å². The lowest BCUT2D eigenvalue weighted by molar-refractivity contribution is -0.144. The Morgan fingerprint density at radius 1 is 0.310 bits per heavy atom. The van der Waals surface area contributed by atoms with Crippen molar-refractivity contribution >= 4 is 59.4 Å². The molecule has 330 valence electrons. The van der Waals surface area contributed by atoms with Gasteiger partial charge in [-0.1, -0.05) is 0 Å². The summed E-state index contributed by atoms with van der Waals surface area (Å²) >= 11 is 0. The first-order valence-corrected chi connectivity index (χ1v) is 17.8. The summed E-state index contributed by atoms with van der Waals surface area (Å²) in [4.78, 5) is 125. The van der Waals surface area contributed by atoms with Gasteiger partial charge in [0.1, 0.15) is 0 Å². The van der Waals surface area contributed by atoms with Gasteiger partial charge in [0, 0.05) is 79.5 Å². The van der Waals surface area contributed by atoms with E-state index >= 15 is 0 Å². The third-order valence-electron chi connectivity index (χ3n) is 7.88. The third-order valence-corrected chi connectivity index (χ3v) is 7.88. The third kappa shape index (κ3) is 28.8. The number of hydrogen-bond donors (Lipinski definition) is 10. The monoisotopic (exact) mass is 836 g/mol. The van der Waals surface area contributed by atoms with Gasteiger partial charge in [-0.25, -0.2) is 0 Å². The van der Waals surface area contributed by atoms with E-state index < -0.39 is 98.7 Å². The minimum Gasteiger partial charge on any atom is -0.480 e. The molecule has 0 radical (unpaired) electrons. The second kappa shape index (κ2) is 29.7. The average Bonchev–Trinajstić information content (AvgIpc) is 3.10. The van der Waals surface area contributed by atoms with E-state index in [0.29, 0.717) is 0 Å². The summed E-state index contributed by atoms with van der Waals surface area (Å²) in [5.74, 6) is -9.53. The molecular weight excluding hydrogens is 780 g/mol. The molecule has 0 aliphatic heterocycles. The highest BCUT2D eigenvalue weighted by Crippen LogP contribution is 1.99. The number of carboxylic acid groups (broad SMARTS) is 6. The second-order valence-corrected chi connectivity index (χ2v) is 12.8. The summed E-state index contributed by atoms with van der Waals surface area (Å²) in [6.07, 6.45) is 0. The van der Waals surface area contributed by atoms with Gasteiger partial charge in [-0.15, -0.1) is 0 Å². The van der Waals surface area contributed by atoms with Gasteiger partial charge >= 0.3 is 35.8 Å². The highest BCUT2D eigenvalue weighted by Gasteiger charge is 2.22. The van der Waals surface area contributed by atoms with Crippen LogP contribution in [0.4, 0.5) is 0 Å². The fourth-order valence-corrected chi connectivity index (χ4v) is 5.16. The molecule has 0 saturated carbocycles. The molecular formula is C32H56N10O16. The molecule has 0 aromatic rings. The lowest BCUT2D eigenvalue weighted by Gasteiger charge is -2.28. The zero-order chi connectivity index (χ0) is 44.2. The van der Waals surface area contributed by atoms with Crippen molar-refractivity contribution in [3.8, 4) is 0 Å². The number of nitrogens with zero attached hydrogens (tertiary/aromatic N) is 6. The Bertz CT molecular complexity index is 1270. The molecule has 0 aliphatic rings. The molecule has 0 bridgehead atoms. The van der Waals surface area contributed by atoms with Crippen LogP contribution in [0.1, 0.15) is 0 Å². The number of hydrogen-bond acceptors (Lipinski definition) is 16. The lowest BCUT2D eigenvalue weighted by Crippen LogP contribution is -2.49. The zero-order valence-electron chi connectivity index (χ0n) is 32.6. The highest BCUT2D eigenvalue weighted by atomic mass is 16.4. The van der Waals surface area contributed by atoms with E-state index in [9.17, 15) is 58.2 Å². The van der Waals surface area contributed by atoms with E-state index in [1.165, 1.54) is 33.7 Å². The van der Waals surface area contributed by atoms with E-state index in [1.54, 1.807) is 0 Å². The summed E-state index contributed by atoms with van der Waals surface area (Å²) in [7, 11) is 2.76. The van der Waals surface area contributed by atoms with Crippen LogP contribution >= 0.6 is 0 Å². The Kier molecular flexibility index (Phi) is 26.8. The van der Waals surface area contributed by atoms with Crippen molar-refractivity contribution in [3.05, 3.63) is 0 Å². The van der Waals surface area contributed by atoms with Crippen LogP contribution in [0.25, 0.3) is 0 Å². The summed E-state index contributed by atoms with van der Waals surface area (Å²) in [6.45, 7) is -4.79. The summed E-state index contributed by atoms with van der Waals surface area (Å²) in [6, 6.07) is 0. The standard InChI is InChI=1S/C32H56N10O16/c1-33-23(43)13-39(9-5-37(17-27(47)48)7-11-41(19-29(51)52)20-30(53)54)15-25(45)35-3-4-36-26(46)16-40(14-24(44)34-2)10-6-38(18-28(49)50)8-12-42(21-31(55)56)22-32(57)58/h3-22H2,1-2H3,(H,33,43)(H,34,44)(H,35,45)(H,36,46)(H,47,48)(H,49,50)(H,51,52)(H,53,54)(H,55,56)(H,57,58). The number of aliphatic carboxylic acids is 6. The van der Waals surface area contributed by atoms with Gasteiger partial charge in [-0.05, 0) is 0 Å². The quantitative estimate of drug-likeness (QED) is 0.0265. The average molecular weight is 837 g/mol. The van der Waals surface area contributed by atoms with Gasteiger partial charge in [-0.2, -0.15) is 0 Å². The first kappa shape index (κ1) is 52.5. The number of amides is 4. The molecule has 58 heavy (non-hydrogen) atoms. The lowest BCUT2D eigenvalue weighted by atomic mass is 10.3. The molecule has 0 rings (SSSR count). The molecule has 0 fully saturated rings. The van der Waals surface area contributed by atoms with Gasteiger partial charge in [0.15, 0.2) is 0 Å². The van der Waals surface area contributed by atoms with Gasteiger partial charge < -0.3 is 51.9 Å². The Balaban J connectivity index is 5.31. The minimum absolute atomic E-state index is 0.00905. The van der Waals surface area contributed by atoms with Crippen LogP contribution in [0.2, 0.25) is 0 Å². The summed E-state index contributed by atoms with van der Waals surface area (Å²) < 4.78 is 0. The molecule has 4 amide bonds. The predicted octanol–water partition coefficient (Wildman–Crippen LogP) is -6.97. The van der Waals surface area contributed by atoms with E-state index in [4.69, 9.17) is 20.4 Å². The molecule has 0 aromatic carbocycles. The van der Waals surface area contributed by atoms with Crippen LogP contribution in [0, 0.1) is 0 Å². The maximum Gasteiger partial charge on any atom is 0.317 e. The van der Waals surface area contributed by atoms with Crippen LogP contribution in [-0.4, -0.2) is 264 Å². The van der Waals surface area contributed by atoms with Crippen LogP contribution < -0.4 is 21.3 Å². The molecule has 0 atom stereocenters. The van der Waals surface area contributed by atoms with Crippen molar-refractivity contribution in [1.29, 1.82) is 0 Å². The zero-order valence-corrected chi connectivity index (χ0v) is 32.6. The fourth-order valence-electron chi connectivity index (χ4n) is 5.16. The van der Waals surface area contributed by atoms with Crippen LogP contribution in [-0.2, 0) is 47.9 Å². The topological polar surface area (TPSA) is 360 Å². The normalized spacial score (nSPS) is 11.2. The van der Waals surface area contributed by atoms with Crippen molar-refractivity contribution in [3.63, 3.8) is 0 Å². The first-order valence-electron chi connectivity index (χ1n) is 17.8. The number of carbonyl (C=O) groups is 10. The molecule has 0 unspecified atom stereocenters. The fraction of sp³-hybridized carbons (Fsp3) is 0.688. The molecule has 26 nitrogen and oxygen atoms in total. The van der Waals surface area contributed by atoms with Crippen LogP contribution in [0.3, 0.4) is 0 Å². The summed E-state index contributed by atoms with van der Waals surface area (Å²) in [5.41, 5.74) is 0. The molecule has 0 aliphatic carbocycles. The van der Waals surface area contributed by atoms with Gasteiger partial charge in [0.2, 0.25) is 23.6 Å². The van der Waals surface area contributed by atoms with Crippen LogP contribution in [0.15, 0.2) is 0 Å². The van der Waals surface area contributed by atoms with Crippen molar-refractivity contribution in [2.24, 2.45) is 0 Å². The van der Waals surface area contributed by atoms with Gasteiger partial charge in [0.05, 0.1) is 65.4 Å². The highest BCUT2D eigenvalue weighted by molar-refractivity contribution is 5.82. The van der Waals surface area contributed by atoms with E-state index in [2.05, 4.69) is 21.3 Å². The predicted molar refractivity (Wildman–Crippen MR) is 199 cm³/mol. The molecule has 0 aromatic heterocycles. The Hall–Kier alpha value is -5.54. The molecule has 10 N–H and O–H groups in total. The maximum absolute atomic E-state index is 12.8. The minimum atomic E-state index is -1.27. The number of likely N-dealkylation sites (N-methyl/N-ethyl adjacent to an activating group) is 2. The molecule has 26 heteroatoms. The Morgan fingerprint density at radius 2 is 0.500 bits per heavy atom. The smallest absolute Gasteiger partial charge is 0.317 e. The summed E-state index contributed by atoms with van der Waals surface area (Å²) in [5, 5.41) is 65.0. The van der Waals surface area contributed by atoms with Gasteiger partial charge in [0.25, 0.3) is 0 Å². The molecule has 0 spiro atoms. The SMILES string of the molecule is CNC(=O)CN(CCN(CCN(CC(=O)O)CC(=O)O)CC(=O)O)CC(=O)NCCNC(=O)CN(CCN(CCN(CC(=O)O)CC(=O)O)CC(=O)O)CC(=O)NC. The molecule has 0 heterocycles. The Labute approximate surface area is 333 Å². The van der Waals surface area contributed by atoms with Crippen molar-refractivity contribution < 1.29 is 78.6 Å². The second-order valence-electron chi connectivity index (χ2n) is 12.8. The number of rotatable bonds is 35. The van der Waals surface area contributed by atoms with E-state index in [-0.39, 0.29) is 91.6 Å². The Morgan fingerprint density at radius 3 is 0.724 bits per heavy atom. The number of carbonyl (C=O) groups excluding carboxylic acids is 4. The van der Waals surface area contributed by atoms with Crippen molar-refractivity contribution in [2.45, 2.75) is 0 Å². The first-order chi connectivity index (χ1) is 27.2.